The molecule has 0 bridgehead atoms. The standard InChI is InChI=1S/C63H76BN3/c1-57(2,3)41-23-29-45(30-24-41)65-52-33-27-43(59(7,8)9)37-49(52)64-50-38-44(60(10,11)12)28-34-53(50)66(46-31-25-42(26-32-46)58(4,5)6)55-40-47(39-54(65)56(55)64)67-51-22-18-17-21-48(51)61(13,14)62(15)35-19-20-36-63(62,67)16/h17-18,21-34,37-40H,19-20,35-36H2,1-16H3. The minimum Gasteiger partial charge on any atom is -0.335 e. The zero-order valence-electron chi connectivity index (χ0n) is 43.8. The Kier molecular flexibility index (Phi) is 10.1. The van der Waals surface area contributed by atoms with E-state index in [1.807, 2.05) is 0 Å². The Bertz CT molecular complexity index is 2760. The van der Waals surface area contributed by atoms with E-state index in [0.717, 1.165) is 6.42 Å². The van der Waals surface area contributed by atoms with Crippen LogP contribution in [0.4, 0.5) is 45.5 Å². The van der Waals surface area contributed by atoms with E-state index in [9.17, 15) is 0 Å². The first-order chi connectivity index (χ1) is 31.3. The van der Waals surface area contributed by atoms with Crippen LogP contribution in [0.5, 0.6) is 0 Å². The van der Waals surface area contributed by atoms with Gasteiger partial charge in [0.05, 0.1) is 0 Å². The predicted molar refractivity (Wildman–Crippen MR) is 292 cm³/mol. The van der Waals surface area contributed by atoms with Gasteiger partial charge in [0.15, 0.2) is 0 Å². The summed E-state index contributed by atoms with van der Waals surface area (Å²) in [5, 5.41) is 0. The van der Waals surface area contributed by atoms with Crippen LogP contribution < -0.4 is 31.1 Å². The largest absolute Gasteiger partial charge is 0.335 e. The van der Waals surface area contributed by atoms with Crippen molar-refractivity contribution in [3.05, 3.63) is 149 Å². The van der Waals surface area contributed by atoms with Crippen LogP contribution in [0.1, 0.15) is 164 Å². The third-order valence-electron chi connectivity index (χ3n) is 17.5. The molecule has 3 aliphatic heterocycles. The van der Waals surface area contributed by atoms with Crippen molar-refractivity contribution in [1.29, 1.82) is 0 Å². The summed E-state index contributed by atoms with van der Waals surface area (Å²) < 4.78 is 0. The van der Waals surface area contributed by atoms with Crippen molar-refractivity contribution in [3.63, 3.8) is 0 Å². The normalized spacial score (nSPS) is 21.0. The molecule has 6 aromatic rings. The second-order valence-electron chi connectivity index (χ2n) is 25.9. The van der Waals surface area contributed by atoms with E-state index in [-0.39, 0.29) is 44.7 Å². The minimum atomic E-state index is -0.135. The highest BCUT2D eigenvalue weighted by atomic mass is 15.3. The van der Waals surface area contributed by atoms with Crippen LogP contribution in [-0.2, 0) is 27.1 Å². The molecule has 2 atom stereocenters. The van der Waals surface area contributed by atoms with Crippen molar-refractivity contribution in [3.8, 4) is 0 Å². The zero-order chi connectivity index (χ0) is 48.0. The fourth-order valence-corrected chi connectivity index (χ4v) is 12.9. The summed E-state index contributed by atoms with van der Waals surface area (Å²) in [4.78, 5) is 8.10. The summed E-state index contributed by atoms with van der Waals surface area (Å²) in [6, 6.07) is 48.5. The molecule has 0 amide bonds. The average molecular weight is 886 g/mol. The van der Waals surface area contributed by atoms with Gasteiger partial charge in [-0.25, -0.2) is 0 Å². The lowest BCUT2D eigenvalue weighted by Gasteiger charge is -2.66. The molecule has 10 rings (SSSR count). The van der Waals surface area contributed by atoms with Gasteiger partial charge in [0.2, 0.25) is 0 Å². The van der Waals surface area contributed by atoms with Gasteiger partial charge in [-0.1, -0.05) is 183 Å². The number of para-hydroxylation sites is 1. The molecule has 67 heavy (non-hydrogen) atoms. The van der Waals surface area contributed by atoms with E-state index >= 15 is 0 Å². The Labute approximate surface area is 405 Å². The topological polar surface area (TPSA) is 9.72 Å². The van der Waals surface area contributed by atoms with Crippen LogP contribution in [0.3, 0.4) is 0 Å². The Morgan fingerprint density at radius 3 is 1.28 bits per heavy atom. The van der Waals surface area contributed by atoms with Crippen LogP contribution >= 0.6 is 0 Å². The van der Waals surface area contributed by atoms with Gasteiger partial charge in [0.1, 0.15) is 0 Å². The maximum absolute atomic E-state index is 2.83. The second kappa shape index (κ2) is 14.9. The highest BCUT2D eigenvalue weighted by Crippen LogP contribution is 2.65. The van der Waals surface area contributed by atoms with Crippen LogP contribution in [0.2, 0.25) is 0 Å². The number of rotatable bonds is 3. The molecule has 3 nitrogen and oxygen atoms in total. The second-order valence-corrected chi connectivity index (χ2v) is 25.9. The fraction of sp³-hybridized carbons (Fsp3) is 0.429. The molecule has 4 aliphatic rings. The first-order valence-corrected chi connectivity index (χ1v) is 25.4. The molecule has 0 radical (unpaired) electrons. The monoisotopic (exact) mass is 886 g/mol. The number of hydrogen-bond acceptors (Lipinski definition) is 3. The zero-order valence-corrected chi connectivity index (χ0v) is 43.8. The first-order valence-electron chi connectivity index (χ1n) is 25.4. The third kappa shape index (κ3) is 6.88. The van der Waals surface area contributed by atoms with Gasteiger partial charge in [-0.3, -0.25) is 0 Å². The quantitative estimate of drug-likeness (QED) is 0.164. The molecule has 1 aliphatic carbocycles. The summed E-state index contributed by atoms with van der Waals surface area (Å²) >= 11 is 0. The number of hydrogen-bond donors (Lipinski definition) is 0. The van der Waals surface area contributed by atoms with E-state index in [4.69, 9.17) is 0 Å². The molecule has 0 spiro atoms. The smallest absolute Gasteiger partial charge is 0.252 e. The van der Waals surface area contributed by atoms with Gasteiger partial charge < -0.3 is 14.7 Å². The van der Waals surface area contributed by atoms with Crippen LogP contribution in [0, 0.1) is 5.41 Å². The maximum Gasteiger partial charge on any atom is 0.252 e. The van der Waals surface area contributed by atoms with Crippen molar-refractivity contribution in [1.82, 2.24) is 0 Å². The van der Waals surface area contributed by atoms with Crippen LogP contribution in [0.15, 0.2) is 121 Å². The summed E-state index contributed by atoms with van der Waals surface area (Å²) in [6.45, 7) is 38.4. The Morgan fingerprint density at radius 2 is 0.836 bits per heavy atom. The third-order valence-corrected chi connectivity index (χ3v) is 17.5. The van der Waals surface area contributed by atoms with E-state index < -0.39 is 0 Å². The van der Waals surface area contributed by atoms with E-state index in [0.29, 0.717) is 0 Å². The molecule has 0 aromatic heterocycles. The SMILES string of the molecule is CC(C)(C)c1ccc(N2c3ccc(C(C)(C)C)cc3B3c4cc(C(C)(C)C)ccc4N(c4ccc(C(C)(C)C)cc4)c4cc(N5c6ccccc6C(C)(C)C6(C)CCCCC56C)cc2c43)cc1. The first kappa shape index (κ1) is 45.6. The van der Waals surface area contributed by atoms with Crippen LogP contribution in [0.25, 0.3) is 0 Å². The highest BCUT2D eigenvalue weighted by molar-refractivity contribution is 7.00. The summed E-state index contributed by atoms with van der Waals surface area (Å²) in [7, 11) is 0. The van der Waals surface area contributed by atoms with Crippen molar-refractivity contribution < 1.29 is 0 Å². The van der Waals surface area contributed by atoms with Crippen LogP contribution in [-0.4, -0.2) is 12.3 Å². The molecule has 4 heteroatoms. The molecular weight excluding hydrogens is 810 g/mol. The van der Waals surface area contributed by atoms with Gasteiger partial charge in [0.25, 0.3) is 6.71 Å². The van der Waals surface area contributed by atoms with Crippen molar-refractivity contribution in [2.45, 2.75) is 169 Å². The number of anilines is 8. The van der Waals surface area contributed by atoms with Gasteiger partial charge in [-0.05, 0) is 146 Å². The van der Waals surface area contributed by atoms with E-state index in [1.165, 1.54) is 109 Å². The number of nitrogens with zero attached hydrogens (tertiary/aromatic N) is 3. The van der Waals surface area contributed by atoms with Crippen molar-refractivity contribution in [2.75, 3.05) is 14.7 Å². The highest BCUT2D eigenvalue weighted by Gasteiger charge is 2.62. The molecule has 0 N–H and O–H groups in total. The Balaban J connectivity index is 1.35. The molecule has 1 saturated carbocycles. The summed E-state index contributed by atoms with van der Waals surface area (Å²) in [5.41, 5.74) is 21.0. The molecular formula is C63H76BN3. The molecule has 0 saturated heterocycles. The maximum atomic E-state index is 2.83. The summed E-state index contributed by atoms with van der Waals surface area (Å²) in [5.74, 6) is 0. The van der Waals surface area contributed by atoms with Crippen molar-refractivity contribution in [2.24, 2.45) is 5.41 Å². The number of benzene rings is 6. The lowest BCUT2D eigenvalue weighted by atomic mass is 9.33. The molecule has 6 aromatic carbocycles. The molecule has 3 heterocycles. The lowest BCUT2D eigenvalue weighted by molar-refractivity contribution is 0.0106. The van der Waals surface area contributed by atoms with Gasteiger partial charge >= 0.3 is 0 Å². The lowest BCUT2D eigenvalue weighted by Crippen LogP contribution is -2.67. The molecule has 1 fully saturated rings. The molecule has 346 valence electrons. The molecule has 2 unspecified atom stereocenters. The summed E-state index contributed by atoms with van der Waals surface area (Å²) in [6.07, 6.45) is 4.84. The van der Waals surface area contributed by atoms with Gasteiger partial charge in [0, 0.05) is 56.5 Å². The fourth-order valence-electron chi connectivity index (χ4n) is 12.9. The predicted octanol–water partition coefficient (Wildman–Crippen LogP) is 15.7. The van der Waals surface area contributed by atoms with E-state index in [1.54, 1.807) is 0 Å². The average Bonchev–Trinajstić information content (AvgIpc) is 3.25. The van der Waals surface area contributed by atoms with Gasteiger partial charge in [-0.15, -0.1) is 0 Å². The van der Waals surface area contributed by atoms with Gasteiger partial charge in [-0.2, -0.15) is 0 Å². The number of fused-ring (bicyclic) bond motifs is 6. The van der Waals surface area contributed by atoms with E-state index in [2.05, 4.69) is 247 Å². The minimum absolute atomic E-state index is 0.0160. The Morgan fingerprint density at radius 1 is 0.418 bits per heavy atom. The van der Waals surface area contributed by atoms with Crippen molar-refractivity contribution >= 4 is 68.6 Å². The Hall–Kier alpha value is -5.22.